The number of hydrogen-bond acceptors (Lipinski definition) is 2. The van der Waals surface area contributed by atoms with Crippen LogP contribution in [0.25, 0.3) is 0 Å². The lowest BCUT2D eigenvalue weighted by Crippen LogP contribution is -2.36. The van der Waals surface area contributed by atoms with Crippen molar-refractivity contribution in [2.75, 3.05) is 7.05 Å². The van der Waals surface area contributed by atoms with Gasteiger partial charge in [-0.3, -0.25) is 0 Å². The Bertz CT molecular complexity index is 167. The van der Waals surface area contributed by atoms with Crippen molar-refractivity contribution in [3.63, 3.8) is 0 Å². The van der Waals surface area contributed by atoms with E-state index in [1.807, 2.05) is 25.8 Å². The molecule has 2 nitrogen and oxygen atoms in total. The SMILES string of the molecule is C[C@@H]1N(C)C(=S)OC1(C)C. The van der Waals surface area contributed by atoms with E-state index in [1.54, 1.807) is 0 Å². The summed E-state index contributed by atoms with van der Waals surface area (Å²) in [5, 5.41) is 0.609. The first kappa shape index (κ1) is 7.79. The van der Waals surface area contributed by atoms with Crippen LogP contribution in [-0.2, 0) is 4.74 Å². The minimum Gasteiger partial charge on any atom is -0.463 e. The zero-order chi connectivity index (χ0) is 7.94. The largest absolute Gasteiger partial charge is 0.463 e. The van der Waals surface area contributed by atoms with Crippen LogP contribution in [0.2, 0.25) is 0 Å². The fourth-order valence-electron chi connectivity index (χ4n) is 1.01. The molecule has 0 radical (unpaired) electrons. The Kier molecular flexibility index (Phi) is 1.63. The fourth-order valence-corrected chi connectivity index (χ4v) is 1.38. The minimum atomic E-state index is -0.119. The highest BCUT2D eigenvalue weighted by Crippen LogP contribution is 2.27. The van der Waals surface area contributed by atoms with Crippen LogP contribution in [0, 0.1) is 0 Å². The van der Waals surface area contributed by atoms with Crippen LogP contribution in [0.3, 0.4) is 0 Å². The number of ether oxygens (including phenoxy) is 1. The second-order valence-corrected chi connectivity index (χ2v) is 3.61. The molecule has 1 rings (SSSR count). The Hall–Kier alpha value is -0.310. The summed E-state index contributed by atoms with van der Waals surface area (Å²) in [6.07, 6.45) is 0. The van der Waals surface area contributed by atoms with Crippen LogP contribution in [0.5, 0.6) is 0 Å². The molecule has 0 aromatic heterocycles. The topological polar surface area (TPSA) is 12.5 Å². The van der Waals surface area contributed by atoms with Gasteiger partial charge in [0.2, 0.25) is 0 Å². The third kappa shape index (κ3) is 0.985. The van der Waals surface area contributed by atoms with Crippen molar-refractivity contribution in [3.8, 4) is 0 Å². The minimum absolute atomic E-state index is 0.119. The van der Waals surface area contributed by atoms with Gasteiger partial charge in [-0.05, 0) is 33.0 Å². The monoisotopic (exact) mass is 159 g/mol. The van der Waals surface area contributed by atoms with E-state index in [9.17, 15) is 0 Å². The van der Waals surface area contributed by atoms with Gasteiger partial charge in [-0.1, -0.05) is 0 Å². The van der Waals surface area contributed by atoms with E-state index in [0.29, 0.717) is 11.2 Å². The number of likely N-dealkylation sites (N-methyl/N-ethyl adjacent to an activating group) is 1. The van der Waals surface area contributed by atoms with Gasteiger partial charge in [0.05, 0.1) is 6.04 Å². The number of rotatable bonds is 0. The zero-order valence-electron chi connectivity index (χ0n) is 6.84. The lowest BCUT2D eigenvalue weighted by atomic mass is 10.0. The van der Waals surface area contributed by atoms with Crippen LogP contribution >= 0.6 is 12.2 Å². The molecular weight excluding hydrogens is 146 g/mol. The number of hydrogen-bond donors (Lipinski definition) is 0. The van der Waals surface area contributed by atoms with E-state index in [1.165, 1.54) is 0 Å². The van der Waals surface area contributed by atoms with Gasteiger partial charge >= 0.3 is 0 Å². The second-order valence-electron chi connectivity index (χ2n) is 3.26. The van der Waals surface area contributed by atoms with Gasteiger partial charge in [-0.25, -0.2) is 0 Å². The molecule has 10 heavy (non-hydrogen) atoms. The summed E-state index contributed by atoms with van der Waals surface area (Å²) >= 11 is 4.97. The van der Waals surface area contributed by atoms with E-state index < -0.39 is 0 Å². The summed E-state index contributed by atoms with van der Waals surface area (Å²) in [5.74, 6) is 0. The summed E-state index contributed by atoms with van der Waals surface area (Å²) in [5.41, 5.74) is -0.119. The average molecular weight is 159 g/mol. The van der Waals surface area contributed by atoms with E-state index in [0.717, 1.165) is 0 Å². The van der Waals surface area contributed by atoms with Crippen molar-refractivity contribution in [3.05, 3.63) is 0 Å². The highest BCUT2D eigenvalue weighted by atomic mass is 32.1. The van der Waals surface area contributed by atoms with Crippen LogP contribution in [0.1, 0.15) is 20.8 Å². The summed E-state index contributed by atoms with van der Waals surface area (Å²) in [7, 11) is 1.96. The van der Waals surface area contributed by atoms with Crippen LogP contribution < -0.4 is 0 Å². The first-order valence-electron chi connectivity index (χ1n) is 3.41. The quantitative estimate of drug-likeness (QED) is 0.496. The van der Waals surface area contributed by atoms with Gasteiger partial charge in [-0.15, -0.1) is 0 Å². The first-order chi connectivity index (χ1) is 4.45. The van der Waals surface area contributed by atoms with Gasteiger partial charge in [0.25, 0.3) is 5.17 Å². The molecule has 1 heterocycles. The fraction of sp³-hybridized carbons (Fsp3) is 0.857. The summed E-state index contributed by atoms with van der Waals surface area (Å²) in [6.45, 7) is 6.21. The summed E-state index contributed by atoms with van der Waals surface area (Å²) in [6, 6.07) is 0.375. The van der Waals surface area contributed by atoms with E-state index in [2.05, 4.69) is 6.92 Å². The van der Waals surface area contributed by atoms with Gasteiger partial charge < -0.3 is 9.64 Å². The molecule has 0 spiro atoms. The third-order valence-electron chi connectivity index (χ3n) is 2.23. The molecule has 0 bridgehead atoms. The zero-order valence-corrected chi connectivity index (χ0v) is 7.66. The highest BCUT2D eigenvalue weighted by molar-refractivity contribution is 7.80. The lowest BCUT2D eigenvalue weighted by molar-refractivity contribution is 0.104. The van der Waals surface area contributed by atoms with Crippen LogP contribution in [-0.4, -0.2) is 28.8 Å². The molecule has 0 saturated carbocycles. The Balaban J connectivity index is 2.81. The Labute approximate surface area is 67.2 Å². The predicted molar refractivity (Wildman–Crippen MR) is 45.0 cm³/mol. The first-order valence-corrected chi connectivity index (χ1v) is 3.82. The molecule has 1 atom stereocenters. The third-order valence-corrected chi connectivity index (χ3v) is 2.60. The molecule has 1 fully saturated rings. The van der Waals surface area contributed by atoms with Crippen LogP contribution in [0.4, 0.5) is 0 Å². The standard InChI is InChI=1S/C7H13NOS/c1-5-7(2,3)9-6(10)8(5)4/h5H,1-4H3/t5-/m0/s1. The molecule has 1 aliphatic rings. The predicted octanol–water partition coefficient (Wildman–Crippen LogP) is 1.40. The molecule has 0 aromatic carbocycles. The maximum Gasteiger partial charge on any atom is 0.260 e. The molecule has 3 heteroatoms. The molecule has 58 valence electrons. The van der Waals surface area contributed by atoms with Crippen molar-refractivity contribution in [1.29, 1.82) is 0 Å². The van der Waals surface area contributed by atoms with Gasteiger partial charge in [0, 0.05) is 7.05 Å². The van der Waals surface area contributed by atoms with E-state index in [-0.39, 0.29) is 5.60 Å². The highest BCUT2D eigenvalue weighted by Gasteiger charge is 2.40. The maximum absolute atomic E-state index is 5.43. The van der Waals surface area contributed by atoms with Crippen molar-refractivity contribution in [1.82, 2.24) is 4.90 Å². The Morgan fingerprint density at radius 1 is 1.60 bits per heavy atom. The van der Waals surface area contributed by atoms with Crippen molar-refractivity contribution >= 4 is 17.4 Å². The molecule has 1 aliphatic heterocycles. The number of nitrogens with zero attached hydrogens (tertiary/aromatic N) is 1. The van der Waals surface area contributed by atoms with Crippen LogP contribution in [0.15, 0.2) is 0 Å². The van der Waals surface area contributed by atoms with E-state index >= 15 is 0 Å². The van der Waals surface area contributed by atoms with Gasteiger partial charge in [0.15, 0.2) is 0 Å². The normalized spacial score (nSPS) is 30.6. The molecule has 0 N–H and O–H groups in total. The second kappa shape index (κ2) is 2.09. The summed E-state index contributed by atoms with van der Waals surface area (Å²) in [4.78, 5) is 1.98. The molecule has 1 saturated heterocycles. The van der Waals surface area contributed by atoms with Gasteiger partial charge in [-0.2, -0.15) is 0 Å². The number of thiocarbonyl (C=S) groups is 1. The molecule has 0 aromatic rings. The molecular formula is C7H13NOS. The molecule has 0 unspecified atom stereocenters. The lowest BCUT2D eigenvalue weighted by Gasteiger charge is -2.22. The maximum atomic E-state index is 5.43. The van der Waals surface area contributed by atoms with Crippen molar-refractivity contribution in [2.24, 2.45) is 0 Å². The smallest absolute Gasteiger partial charge is 0.260 e. The van der Waals surface area contributed by atoms with Crippen molar-refractivity contribution < 1.29 is 4.74 Å². The van der Waals surface area contributed by atoms with E-state index in [4.69, 9.17) is 17.0 Å². The average Bonchev–Trinajstić information content (AvgIpc) is 1.95. The molecule has 0 amide bonds. The summed E-state index contributed by atoms with van der Waals surface area (Å²) < 4.78 is 5.43. The van der Waals surface area contributed by atoms with Crippen molar-refractivity contribution in [2.45, 2.75) is 32.4 Å². The molecule has 0 aliphatic carbocycles. The van der Waals surface area contributed by atoms with Gasteiger partial charge in [0.1, 0.15) is 5.60 Å². The Morgan fingerprint density at radius 3 is 2.20 bits per heavy atom. The Morgan fingerprint density at radius 2 is 2.10 bits per heavy atom.